The van der Waals surface area contributed by atoms with Crippen molar-refractivity contribution in [3.05, 3.63) is 69.7 Å². The minimum absolute atomic E-state index is 0.197. The average Bonchev–Trinajstić information content (AvgIpc) is 3.13. The van der Waals surface area contributed by atoms with Crippen LogP contribution in [0.5, 0.6) is 0 Å². The molecule has 0 fully saturated rings. The van der Waals surface area contributed by atoms with Gasteiger partial charge in [0, 0.05) is 34.3 Å². The van der Waals surface area contributed by atoms with Crippen molar-refractivity contribution in [1.82, 2.24) is 10.3 Å². The van der Waals surface area contributed by atoms with Crippen LogP contribution in [0.3, 0.4) is 0 Å². The number of anilines is 1. The first kappa shape index (κ1) is 18.1. The highest BCUT2D eigenvalue weighted by molar-refractivity contribution is 7.13. The number of aromatic nitrogens is 1. The zero-order valence-electron chi connectivity index (χ0n) is 14.2. The monoisotopic (exact) mass is 385 g/mol. The standard InChI is InChI=1S/C19H16ClN3O2S/c1-11-14(17(24)21-2)4-3-5-15(11)22-18(25)16-10-26-19(23-16)12-6-8-13(20)9-7-12/h3-10H,1-2H3,(H,21,24)(H,22,25). The summed E-state index contributed by atoms with van der Waals surface area (Å²) in [7, 11) is 1.57. The van der Waals surface area contributed by atoms with Gasteiger partial charge in [-0.3, -0.25) is 9.59 Å². The Morgan fingerprint density at radius 1 is 1.08 bits per heavy atom. The Kier molecular flexibility index (Phi) is 5.35. The fourth-order valence-corrected chi connectivity index (χ4v) is 3.37. The van der Waals surface area contributed by atoms with Crippen LogP contribution in [0.4, 0.5) is 5.69 Å². The summed E-state index contributed by atoms with van der Waals surface area (Å²) in [6.45, 7) is 1.79. The second-order valence-corrected chi connectivity index (χ2v) is 6.85. The predicted octanol–water partition coefficient (Wildman–Crippen LogP) is 4.38. The topological polar surface area (TPSA) is 71.1 Å². The zero-order chi connectivity index (χ0) is 18.7. The second-order valence-electron chi connectivity index (χ2n) is 5.56. The number of carbonyl (C=O) groups excluding carboxylic acids is 2. The summed E-state index contributed by atoms with van der Waals surface area (Å²) in [5.74, 6) is -0.518. The number of thiazole rings is 1. The van der Waals surface area contributed by atoms with Crippen LogP contribution < -0.4 is 10.6 Å². The van der Waals surface area contributed by atoms with Crippen LogP contribution in [-0.2, 0) is 0 Å². The molecule has 0 aliphatic heterocycles. The van der Waals surface area contributed by atoms with Gasteiger partial charge in [0.05, 0.1) is 0 Å². The average molecular weight is 386 g/mol. The Morgan fingerprint density at radius 3 is 2.50 bits per heavy atom. The quantitative estimate of drug-likeness (QED) is 0.699. The zero-order valence-corrected chi connectivity index (χ0v) is 15.7. The molecule has 2 N–H and O–H groups in total. The highest BCUT2D eigenvalue weighted by Crippen LogP contribution is 2.26. The maximum atomic E-state index is 12.5. The molecule has 0 radical (unpaired) electrons. The molecule has 2 amide bonds. The van der Waals surface area contributed by atoms with Gasteiger partial charge in [0.1, 0.15) is 10.7 Å². The number of benzene rings is 2. The van der Waals surface area contributed by atoms with E-state index in [1.807, 2.05) is 12.1 Å². The van der Waals surface area contributed by atoms with E-state index in [1.165, 1.54) is 11.3 Å². The summed E-state index contributed by atoms with van der Waals surface area (Å²) in [6.07, 6.45) is 0. The Bertz CT molecular complexity index is 967. The molecule has 0 atom stereocenters. The Balaban J connectivity index is 1.81. The molecular formula is C19H16ClN3O2S. The number of carbonyl (C=O) groups is 2. The highest BCUT2D eigenvalue weighted by atomic mass is 35.5. The fourth-order valence-electron chi connectivity index (χ4n) is 2.44. The number of halogens is 1. The van der Waals surface area contributed by atoms with Crippen LogP contribution in [0.2, 0.25) is 5.02 Å². The molecule has 5 nitrogen and oxygen atoms in total. The first-order chi connectivity index (χ1) is 12.5. The van der Waals surface area contributed by atoms with Crippen LogP contribution in [-0.4, -0.2) is 23.8 Å². The molecule has 3 aromatic rings. The normalized spacial score (nSPS) is 10.4. The molecule has 0 aliphatic carbocycles. The molecule has 0 saturated carbocycles. The highest BCUT2D eigenvalue weighted by Gasteiger charge is 2.15. The van der Waals surface area contributed by atoms with Crippen molar-refractivity contribution in [2.75, 3.05) is 12.4 Å². The molecule has 2 aromatic carbocycles. The van der Waals surface area contributed by atoms with Crippen LogP contribution >= 0.6 is 22.9 Å². The van der Waals surface area contributed by atoms with E-state index in [0.717, 1.165) is 10.6 Å². The number of rotatable bonds is 4. The lowest BCUT2D eigenvalue weighted by Crippen LogP contribution is -2.20. The number of hydrogen-bond donors (Lipinski definition) is 2. The van der Waals surface area contributed by atoms with E-state index in [4.69, 9.17) is 11.6 Å². The van der Waals surface area contributed by atoms with Crippen molar-refractivity contribution in [3.63, 3.8) is 0 Å². The molecule has 0 aliphatic rings. The minimum Gasteiger partial charge on any atom is -0.355 e. The van der Waals surface area contributed by atoms with Crippen LogP contribution in [0, 0.1) is 6.92 Å². The smallest absolute Gasteiger partial charge is 0.275 e. The molecule has 1 aromatic heterocycles. The lowest BCUT2D eigenvalue weighted by molar-refractivity contribution is 0.0960. The van der Waals surface area contributed by atoms with E-state index in [0.29, 0.717) is 27.5 Å². The first-order valence-electron chi connectivity index (χ1n) is 7.84. The van der Waals surface area contributed by atoms with E-state index in [-0.39, 0.29) is 11.8 Å². The molecule has 1 heterocycles. The van der Waals surface area contributed by atoms with Gasteiger partial charge in [-0.05, 0) is 36.8 Å². The summed E-state index contributed by atoms with van der Waals surface area (Å²) in [6, 6.07) is 12.5. The van der Waals surface area contributed by atoms with Gasteiger partial charge < -0.3 is 10.6 Å². The number of hydrogen-bond acceptors (Lipinski definition) is 4. The molecule has 0 unspecified atom stereocenters. The third kappa shape index (κ3) is 3.76. The number of nitrogens with zero attached hydrogens (tertiary/aromatic N) is 1. The van der Waals surface area contributed by atoms with Gasteiger partial charge >= 0.3 is 0 Å². The molecule has 0 bridgehead atoms. The summed E-state index contributed by atoms with van der Waals surface area (Å²) in [5, 5.41) is 8.50. The van der Waals surface area contributed by atoms with Crippen molar-refractivity contribution >= 4 is 40.4 Å². The molecular weight excluding hydrogens is 370 g/mol. The molecule has 0 saturated heterocycles. The van der Waals surface area contributed by atoms with Gasteiger partial charge in [0.2, 0.25) is 0 Å². The van der Waals surface area contributed by atoms with E-state index in [1.54, 1.807) is 49.7 Å². The van der Waals surface area contributed by atoms with Gasteiger partial charge in [-0.25, -0.2) is 4.98 Å². The largest absolute Gasteiger partial charge is 0.355 e. The van der Waals surface area contributed by atoms with E-state index in [2.05, 4.69) is 15.6 Å². The Labute approximate surface area is 160 Å². The lowest BCUT2D eigenvalue weighted by atomic mass is 10.1. The summed E-state index contributed by atoms with van der Waals surface area (Å²) >= 11 is 7.28. The Hall–Kier alpha value is -2.70. The second kappa shape index (κ2) is 7.68. The third-order valence-corrected chi connectivity index (χ3v) is 5.03. The van der Waals surface area contributed by atoms with Gasteiger partial charge in [-0.2, -0.15) is 0 Å². The maximum Gasteiger partial charge on any atom is 0.275 e. The first-order valence-corrected chi connectivity index (χ1v) is 9.10. The van der Waals surface area contributed by atoms with Crippen LogP contribution in [0.25, 0.3) is 10.6 Å². The molecule has 7 heteroatoms. The Morgan fingerprint density at radius 2 is 1.81 bits per heavy atom. The third-order valence-electron chi connectivity index (χ3n) is 3.88. The molecule has 0 spiro atoms. The molecule has 3 rings (SSSR count). The summed E-state index contributed by atoms with van der Waals surface area (Å²) in [5.41, 5.74) is 3.02. The van der Waals surface area contributed by atoms with E-state index in [9.17, 15) is 9.59 Å². The van der Waals surface area contributed by atoms with Gasteiger partial charge in [-0.1, -0.05) is 29.8 Å². The van der Waals surface area contributed by atoms with Gasteiger partial charge in [-0.15, -0.1) is 11.3 Å². The summed E-state index contributed by atoms with van der Waals surface area (Å²) in [4.78, 5) is 28.8. The van der Waals surface area contributed by atoms with E-state index >= 15 is 0 Å². The fraction of sp³-hybridized carbons (Fsp3) is 0.105. The SMILES string of the molecule is CNC(=O)c1cccc(NC(=O)c2csc(-c3ccc(Cl)cc3)n2)c1C. The van der Waals surface area contributed by atoms with Crippen molar-refractivity contribution in [2.45, 2.75) is 6.92 Å². The minimum atomic E-state index is -0.321. The van der Waals surface area contributed by atoms with Gasteiger partial charge in [0.15, 0.2) is 0 Å². The van der Waals surface area contributed by atoms with Gasteiger partial charge in [0.25, 0.3) is 11.8 Å². The van der Waals surface area contributed by atoms with Crippen molar-refractivity contribution in [3.8, 4) is 10.6 Å². The number of nitrogens with one attached hydrogen (secondary N) is 2. The summed E-state index contributed by atoms with van der Waals surface area (Å²) < 4.78 is 0. The van der Waals surface area contributed by atoms with Crippen molar-refractivity contribution in [2.24, 2.45) is 0 Å². The van der Waals surface area contributed by atoms with Crippen LogP contribution in [0.15, 0.2) is 47.8 Å². The maximum absolute atomic E-state index is 12.5. The predicted molar refractivity (Wildman–Crippen MR) is 105 cm³/mol. The van der Waals surface area contributed by atoms with E-state index < -0.39 is 0 Å². The van der Waals surface area contributed by atoms with Crippen molar-refractivity contribution < 1.29 is 9.59 Å². The van der Waals surface area contributed by atoms with Crippen molar-refractivity contribution in [1.29, 1.82) is 0 Å². The lowest BCUT2D eigenvalue weighted by Gasteiger charge is -2.11. The molecule has 26 heavy (non-hydrogen) atoms. The van der Waals surface area contributed by atoms with Crippen LogP contribution in [0.1, 0.15) is 26.4 Å². The molecule has 132 valence electrons. The number of amides is 2.